The maximum Gasteiger partial charge on any atom is 0.209 e. The van der Waals surface area contributed by atoms with Gasteiger partial charge in [-0.3, -0.25) is 14.7 Å². The molecule has 4 nitrogen and oxygen atoms in total. The van der Waals surface area contributed by atoms with Gasteiger partial charge in [0, 0.05) is 41.3 Å². The third-order valence-electron chi connectivity index (χ3n) is 5.33. The van der Waals surface area contributed by atoms with Crippen LogP contribution in [0.2, 0.25) is 0 Å². The van der Waals surface area contributed by atoms with Crippen molar-refractivity contribution in [1.82, 2.24) is 14.8 Å². The van der Waals surface area contributed by atoms with Gasteiger partial charge in [0.05, 0.1) is 11.7 Å². The zero-order valence-electron chi connectivity index (χ0n) is 15.6. The van der Waals surface area contributed by atoms with Gasteiger partial charge in [0.15, 0.2) is 0 Å². The predicted molar refractivity (Wildman–Crippen MR) is 109 cm³/mol. The van der Waals surface area contributed by atoms with Crippen LogP contribution in [-0.2, 0) is 17.6 Å². The molecule has 0 radical (unpaired) electrons. The Morgan fingerprint density at radius 2 is 1.88 bits per heavy atom. The number of hydrogen-bond donors (Lipinski definition) is 0. The van der Waals surface area contributed by atoms with Crippen molar-refractivity contribution in [1.29, 1.82) is 0 Å². The van der Waals surface area contributed by atoms with Crippen molar-refractivity contribution in [3.8, 4) is 0 Å². The monoisotopic (exact) mass is 479 g/mol. The van der Waals surface area contributed by atoms with E-state index < -0.39 is 6.39 Å². The normalized spacial score (nSPS) is 20.8. The molecule has 136 valence electrons. The number of piperazine rings is 1. The summed E-state index contributed by atoms with van der Waals surface area (Å²) in [7, 11) is 0. The number of pyridine rings is 1. The van der Waals surface area contributed by atoms with E-state index in [-0.39, 0.29) is 6.04 Å². The van der Waals surface area contributed by atoms with Gasteiger partial charge in [0.1, 0.15) is 1.37 Å². The van der Waals surface area contributed by atoms with Crippen LogP contribution in [0.3, 0.4) is 0 Å². The fourth-order valence-corrected chi connectivity index (χ4v) is 5.32. The van der Waals surface area contributed by atoms with Gasteiger partial charge < -0.3 is 4.90 Å². The largest absolute Gasteiger partial charge is 0.343 e. The lowest BCUT2D eigenvalue weighted by Gasteiger charge is -2.39. The SMILES string of the molecule is [3H]C(=O)N1CCN([C@H]2c3ncc(Br)cc3CCc3cc(C)cc(Br)c32)CC1. The molecule has 1 aliphatic heterocycles. The molecule has 2 heterocycles. The number of hydrogen-bond acceptors (Lipinski definition) is 3. The summed E-state index contributed by atoms with van der Waals surface area (Å²) in [6.07, 6.45) is 3.24. The minimum Gasteiger partial charge on any atom is -0.343 e. The number of fused-ring (bicyclic) bond motifs is 2. The van der Waals surface area contributed by atoms with Crippen molar-refractivity contribution in [2.75, 3.05) is 26.2 Å². The second-order valence-corrected chi connectivity index (χ2v) is 8.80. The maximum absolute atomic E-state index is 11.4. The standard InChI is InChI=1S/C20H21Br2N3O/c1-13-8-14-2-3-15-10-16(21)11-23-19(15)20(18(14)17(22)9-13)25-6-4-24(12-26)5-7-25/h8-12,20H,2-7H2,1H3/t20-/m1/s1/i12T. The van der Waals surface area contributed by atoms with Crippen molar-refractivity contribution in [3.05, 3.63) is 61.3 Å². The first kappa shape index (κ1) is 16.9. The van der Waals surface area contributed by atoms with Crippen molar-refractivity contribution in [2.45, 2.75) is 25.8 Å². The molecule has 2 aliphatic rings. The van der Waals surface area contributed by atoms with E-state index in [1.54, 1.807) is 4.90 Å². The molecule has 26 heavy (non-hydrogen) atoms. The number of aryl methyl sites for hydroxylation is 3. The van der Waals surface area contributed by atoms with Crippen LogP contribution in [0.5, 0.6) is 0 Å². The van der Waals surface area contributed by atoms with Crippen LogP contribution >= 0.6 is 31.9 Å². The minimum absolute atomic E-state index is 0.0589. The molecule has 4 rings (SSSR count). The topological polar surface area (TPSA) is 36.4 Å². The molecule has 1 saturated heterocycles. The van der Waals surface area contributed by atoms with Crippen molar-refractivity contribution < 1.29 is 6.17 Å². The van der Waals surface area contributed by atoms with Crippen LogP contribution in [-0.4, -0.2) is 47.3 Å². The number of nitrogens with zero attached hydrogens (tertiary/aromatic N) is 3. The molecular formula is C20H21Br2N3O. The van der Waals surface area contributed by atoms with E-state index in [2.05, 4.69) is 61.9 Å². The Morgan fingerprint density at radius 3 is 2.62 bits per heavy atom. The highest BCUT2D eigenvalue weighted by molar-refractivity contribution is 9.10. The maximum atomic E-state index is 11.4. The smallest absolute Gasteiger partial charge is 0.209 e. The molecule has 1 amide bonds. The molecule has 0 saturated carbocycles. The fourth-order valence-electron chi connectivity index (χ4n) is 4.11. The first-order valence-corrected chi connectivity index (χ1v) is 10.5. The summed E-state index contributed by atoms with van der Waals surface area (Å²) < 4.78 is 9.51. The molecule has 0 N–H and O–H groups in total. The summed E-state index contributed by atoms with van der Waals surface area (Å²) in [5.41, 5.74) is 6.28. The number of benzene rings is 1. The first-order chi connectivity index (χ1) is 12.9. The highest BCUT2D eigenvalue weighted by Crippen LogP contribution is 2.41. The van der Waals surface area contributed by atoms with E-state index >= 15 is 0 Å². The molecule has 1 aliphatic carbocycles. The van der Waals surface area contributed by atoms with Crippen molar-refractivity contribution in [3.63, 3.8) is 0 Å². The summed E-state index contributed by atoms with van der Waals surface area (Å²) in [6, 6.07) is 6.71. The van der Waals surface area contributed by atoms with E-state index in [1.165, 1.54) is 22.3 Å². The lowest BCUT2D eigenvalue weighted by molar-refractivity contribution is -0.119. The Balaban J connectivity index is 1.80. The molecule has 1 atom stereocenters. The zero-order chi connectivity index (χ0) is 19.1. The Hall–Kier alpha value is -1.24. The molecule has 2 aromatic rings. The van der Waals surface area contributed by atoms with Gasteiger partial charge in [-0.25, -0.2) is 0 Å². The third kappa shape index (κ3) is 3.35. The molecule has 6 heteroatoms. The average molecular weight is 481 g/mol. The summed E-state index contributed by atoms with van der Waals surface area (Å²) in [4.78, 5) is 20.2. The Bertz CT molecular complexity index is 897. The fraction of sp³-hybridized carbons (Fsp3) is 0.400. The Kier molecular flexibility index (Phi) is 4.82. The van der Waals surface area contributed by atoms with Crippen LogP contribution in [0.15, 0.2) is 33.3 Å². The van der Waals surface area contributed by atoms with Crippen molar-refractivity contribution >= 4 is 38.2 Å². The van der Waals surface area contributed by atoms with Crippen LogP contribution < -0.4 is 0 Å². The van der Waals surface area contributed by atoms with Crippen LogP contribution in [0.4, 0.5) is 0 Å². The number of halogens is 2. The third-order valence-corrected chi connectivity index (χ3v) is 6.42. The van der Waals surface area contributed by atoms with Crippen LogP contribution in [0.25, 0.3) is 0 Å². The van der Waals surface area contributed by atoms with E-state index in [0.29, 0.717) is 13.1 Å². The summed E-state index contributed by atoms with van der Waals surface area (Å²) in [5, 5.41) is 0. The van der Waals surface area contributed by atoms with Gasteiger partial charge in [0.2, 0.25) is 6.39 Å². The number of amides is 1. The molecule has 1 fully saturated rings. The Labute approximate surface area is 172 Å². The average Bonchev–Trinajstić information content (AvgIpc) is 2.78. The lowest BCUT2D eigenvalue weighted by Crippen LogP contribution is -2.47. The van der Waals surface area contributed by atoms with E-state index in [9.17, 15) is 4.79 Å². The van der Waals surface area contributed by atoms with Gasteiger partial charge in [-0.2, -0.15) is 0 Å². The van der Waals surface area contributed by atoms with E-state index in [1.807, 2.05) is 6.20 Å². The summed E-state index contributed by atoms with van der Waals surface area (Å²) in [5.74, 6) is 0. The Morgan fingerprint density at radius 1 is 1.15 bits per heavy atom. The van der Waals surface area contributed by atoms with E-state index in [0.717, 1.165) is 40.6 Å². The van der Waals surface area contributed by atoms with Gasteiger partial charge >= 0.3 is 0 Å². The molecule has 0 unspecified atom stereocenters. The molecule has 0 bridgehead atoms. The second kappa shape index (κ2) is 7.41. The van der Waals surface area contributed by atoms with Gasteiger partial charge in [-0.15, -0.1) is 0 Å². The molecule has 1 aromatic heterocycles. The molecule has 1 aromatic carbocycles. The number of carbonyl (C=O) groups excluding carboxylic acids is 1. The second-order valence-electron chi connectivity index (χ2n) is 7.03. The quantitative estimate of drug-likeness (QED) is 0.581. The summed E-state index contributed by atoms with van der Waals surface area (Å²) in [6.45, 7) is 4.79. The highest BCUT2D eigenvalue weighted by atomic mass is 79.9. The number of aromatic nitrogens is 1. The predicted octanol–water partition coefficient (Wildman–Crippen LogP) is 3.88. The molecule has 0 spiro atoms. The van der Waals surface area contributed by atoms with Gasteiger partial charge in [-0.1, -0.05) is 22.0 Å². The molecular weight excluding hydrogens is 458 g/mol. The summed E-state index contributed by atoms with van der Waals surface area (Å²) >= 11 is 7.38. The first-order valence-electron chi connectivity index (χ1n) is 9.37. The van der Waals surface area contributed by atoms with Crippen LogP contribution in [0.1, 0.15) is 35.4 Å². The number of carbonyl (C=O) groups is 1. The van der Waals surface area contributed by atoms with Crippen molar-refractivity contribution in [2.24, 2.45) is 0 Å². The van der Waals surface area contributed by atoms with E-state index in [4.69, 9.17) is 6.35 Å². The minimum atomic E-state index is -0.588. The van der Waals surface area contributed by atoms with Gasteiger partial charge in [0.25, 0.3) is 0 Å². The zero-order valence-corrected chi connectivity index (χ0v) is 17.8. The lowest BCUT2D eigenvalue weighted by atomic mass is 9.94. The van der Waals surface area contributed by atoms with Crippen LogP contribution in [0, 0.1) is 6.92 Å². The van der Waals surface area contributed by atoms with Gasteiger partial charge in [-0.05, 0) is 70.1 Å². The highest BCUT2D eigenvalue weighted by Gasteiger charge is 2.33. The number of rotatable bonds is 1.